The van der Waals surface area contributed by atoms with E-state index in [-0.39, 0.29) is 24.3 Å². The van der Waals surface area contributed by atoms with E-state index in [0.29, 0.717) is 32.8 Å². The summed E-state index contributed by atoms with van der Waals surface area (Å²) in [4.78, 5) is 12.2. The summed E-state index contributed by atoms with van der Waals surface area (Å²) in [7, 11) is 0. The molecule has 0 aliphatic carbocycles. The van der Waals surface area contributed by atoms with E-state index in [9.17, 15) is 4.79 Å². The molecule has 3 atom stereocenters. The standard InChI is InChI=1S/C26H42O6/c1-2-3-4-5-6-7-8-9-10-11-12-13-14-15-16-17-23(27)32-22-20-28-25-24(22)29-21-26(25)30-18-19-31-26/h6-7,9-10,22,24-25H,2-5,8,11-21H2,1H3/b7-6-,10-9-/t22-,24-,25+/m1/s1. The van der Waals surface area contributed by atoms with Crippen LogP contribution in [0.2, 0.25) is 0 Å². The second kappa shape index (κ2) is 14.1. The minimum absolute atomic E-state index is 0.164. The highest BCUT2D eigenvalue weighted by Crippen LogP contribution is 2.40. The molecular weight excluding hydrogens is 408 g/mol. The van der Waals surface area contributed by atoms with Crippen LogP contribution in [0.4, 0.5) is 0 Å². The molecular formula is C26H42O6. The number of allylic oxidation sites excluding steroid dienone is 4. The highest BCUT2D eigenvalue weighted by atomic mass is 16.8. The van der Waals surface area contributed by atoms with Gasteiger partial charge < -0.3 is 23.7 Å². The van der Waals surface area contributed by atoms with Gasteiger partial charge in [-0.2, -0.15) is 0 Å². The van der Waals surface area contributed by atoms with Crippen LogP contribution in [0.3, 0.4) is 0 Å². The van der Waals surface area contributed by atoms with Gasteiger partial charge in [0.25, 0.3) is 0 Å². The van der Waals surface area contributed by atoms with Crippen molar-refractivity contribution in [2.75, 3.05) is 26.4 Å². The van der Waals surface area contributed by atoms with Gasteiger partial charge in [0.1, 0.15) is 18.8 Å². The fourth-order valence-electron chi connectivity index (χ4n) is 4.58. The molecule has 182 valence electrons. The molecule has 1 spiro atoms. The van der Waals surface area contributed by atoms with Gasteiger partial charge in [-0.1, -0.05) is 63.3 Å². The van der Waals surface area contributed by atoms with Crippen molar-refractivity contribution in [3.8, 4) is 0 Å². The summed E-state index contributed by atoms with van der Waals surface area (Å²) >= 11 is 0. The van der Waals surface area contributed by atoms with Gasteiger partial charge in [0.05, 0.1) is 19.8 Å². The lowest BCUT2D eigenvalue weighted by molar-refractivity contribution is -0.207. The molecule has 3 fully saturated rings. The van der Waals surface area contributed by atoms with Crippen LogP contribution in [0.15, 0.2) is 24.3 Å². The number of rotatable bonds is 15. The van der Waals surface area contributed by atoms with Crippen molar-refractivity contribution in [3.05, 3.63) is 24.3 Å². The minimum atomic E-state index is -0.800. The Morgan fingerprint density at radius 3 is 2.34 bits per heavy atom. The van der Waals surface area contributed by atoms with E-state index in [4.69, 9.17) is 23.7 Å². The maximum Gasteiger partial charge on any atom is 0.306 e. The average molecular weight is 451 g/mol. The summed E-state index contributed by atoms with van der Waals surface area (Å²) in [5.74, 6) is -0.964. The Kier molecular flexibility index (Phi) is 11.2. The molecule has 0 amide bonds. The highest BCUT2D eigenvalue weighted by molar-refractivity contribution is 5.69. The predicted molar refractivity (Wildman–Crippen MR) is 123 cm³/mol. The lowest BCUT2D eigenvalue weighted by Crippen LogP contribution is -2.45. The number of carbonyl (C=O) groups is 1. The number of ether oxygens (including phenoxy) is 5. The lowest BCUT2D eigenvalue weighted by Gasteiger charge is -2.25. The van der Waals surface area contributed by atoms with Crippen LogP contribution in [0, 0.1) is 0 Å². The van der Waals surface area contributed by atoms with Crippen LogP contribution < -0.4 is 0 Å². The Hall–Kier alpha value is -1.21. The van der Waals surface area contributed by atoms with Crippen LogP contribution in [0.25, 0.3) is 0 Å². The van der Waals surface area contributed by atoms with E-state index in [1.54, 1.807) is 0 Å². The molecule has 0 aromatic heterocycles. The number of fused-ring (bicyclic) bond motifs is 2. The molecule has 6 heteroatoms. The third kappa shape index (κ3) is 7.68. The zero-order valence-electron chi connectivity index (χ0n) is 19.8. The first-order chi connectivity index (χ1) is 15.7. The van der Waals surface area contributed by atoms with Gasteiger partial charge in [-0.3, -0.25) is 4.79 Å². The van der Waals surface area contributed by atoms with Gasteiger partial charge in [0, 0.05) is 6.42 Å². The number of unbranched alkanes of at least 4 members (excludes halogenated alkanes) is 8. The van der Waals surface area contributed by atoms with Gasteiger partial charge >= 0.3 is 5.97 Å². The maximum atomic E-state index is 12.2. The summed E-state index contributed by atoms with van der Waals surface area (Å²) in [6.45, 7) is 4.02. The minimum Gasteiger partial charge on any atom is -0.457 e. The monoisotopic (exact) mass is 450 g/mol. The molecule has 0 saturated carbocycles. The normalized spacial score (nSPS) is 26.6. The molecule has 0 aromatic carbocycles. The molecule has 32 heavy (non-hydrogen) atoms. The third-order valence-electron chi connectivity index (χ3n) is 6.41. The van der Waals surface area contributed by atoms with Crippen molar-refractivity contribution >= 4 is 5.97 Å². The van der Waals surface area contributed by atoms with E-state index in [2.05, 4.69) is 31.2 Å². The Morgan fingerprint density at radius 1 is 0.906 bits per heavy atom. The Bertz CT molecular complexity index is 595. The summed E-state index contributed by atoms with van der Waals surface area (Å²) in [5.41, 5.74) is 0. The predicted octanol–water partition coefficient (Wildman–Crippen LogP) is 5.25. The lowest BCUT2D eigenvalue weighted by atomic mass is 10.1. The van der Waals surface area contributed by atoms with Gasteiger partial charge in [0.15, 0.2) is 6.10 Å². The molecule has 0 bridgehead atoms. The van der Waals surface area contributed by atoms with Crippen molar-refractivity contribution < 1.29 is 28.5 Å². The number of esters is 1. The van der Waals surface area contributed by atoms with E-state index >= 15 is 0 Å². The van der Waals surface area contributed by atoms with Crippen LogP contribution in [-0.4, -0.2) is 56.5 Å². The van der Waals surface area contributed by atoms with Gasteiger partial charge in [-0.05, 0) is 38.5 Å². The molecule has 3 heterocycles. The first kappa shape index (κ1) is 25.4. The van der Waals surface area contributed by atoms with E-state index < -0.39 is 5.79 Å². The number of hydrogen-bond acceptors (Lipinski definition) is 6. The number of carbonyl (C=O) groups excluding carboxylic acids is 1. The molecule has 3 aliphatic rings. The third-order valence-corrected chi connectivity index (χ3v) is 6.41. The summed E-state index contributed by atoms with van der Waals surface area (Å²) in [5, 5.41) is 0. The molecule has 3 rings (SSSR count). The smallest absolute Gasteiger partial charge is 0.306 e. The molecule has 3 aliphatic heterocycles. The fourth-order valence-corrected chi connectivity index (χ4v) is 4.58. The summed E-state index contributed by atoms with van der Waals surface area (Å²) in [6.07, 6.45) is 21.5. The van der Waals surface area contributed by atoms with Crippen molar-refractivity contribution in [1.29, 1.82) is 0 Å². The average Bonchev–Trinajstić information content (AvgIpc) is 3.51. The number of hydrogen-bond donors (Lipinski definition) is 0. The largest absolute Gasteiger partial charge is 0.457 e. The van der Waals surface area contributed by atoms with Gasteiger partial charge in [-0.15, -0.1) is 0 Å². The molecule has 3 saturated heterocycles. The zero-order chi connectivity index (χ0) is 22.5. The van der Waals surface area contributed by atoms with E-state index in [1.807, 2.05) is 0 Å². The van der Waals surface area contributed by atoms with Gasteiger partial charge in [-0.25, -0.2) is 0 Å². The summed E-state index contributed by atoms with van der Waals surface area (Å²) < 4.78 is 28.6. The highest BCUT2D eigenvalue weighted by Gasteiger charge is 2.61. The molecule has 0 unspecified atom stereocenters. The SMILES string of the molecule is CCCCC/C=C\C/C=C\CCCCCCCC(=O)O[C@@H]1CO[C@H]2[C@@H]1OCC21OCCO1. The van der Waals surface area contributed by atoms with Crippen LogP contribution in [0.1, 0.15) is 84.0 Å². The van der Waals surface area contributed by atoms with E-state index in [1.165, 1.54) is 38.5 Å². The first-order valence-corrected chi connectivity index (χ1v) is 12.8. The Balaban J connectivity index is 1.15. The maximum absolute atomic E-state index is 12.2. The van der Waals surface area contributed by atoms with Crippen molar-refractivity contribution in [2.24, 2.45) is 0 Å². The van der Waals surface area contributed by atoms with Crippen molar-refractivity contribution in [3.63, 3.8) is 0 Å². The molecule has 6 nitrogen and oxygen atoms in total. The van der Waals surface area contributed by atoms with Crippen LogP contribution in [-0.2, 0) is 28.5 Å². The second-order valence-corrected chi connectivity index (χ2v) is 9.05. The molecule has 0 N–H and O–H groups in total. The topological polar surface area (TPSA) is 63.2 Å². The Morgan fingerprint density at radius 2 is 1.59 bits per heavy atom. The molecule has 0 radical (unpaired) electrons. The zero-order valence-corrected chi connectivity index (χ0v) is 19.8. The second-order valence-electron chi connectivity index (χ2n) is 9.05. The molecule has 0 aromatic rings. The van der Waals surface area contributed by atoms with Crippen LogP contribution in [0.5, 0.6) is 0 Å². The Labute approximate surface area is 193 Å². The quantitative estimate of drug-likeness (QED) is 0.193. The summed E-state index contributed by atoms with van der Waals surface area (Å²) in [6, 6.07) is 0. The van der Waals surface area contributed by atoms with Crippen molar-refractivity contribution in [1.82, 2.24) is 0 Å². The van der Waals surface area contributed by atoms with Gasteiger partial charge in [0.2, 0.25) is 5.79 Å². The first-order valence-electron chi connectivity index (χ1n) is 12.8. The van der Waals surface area contributed by atoms with E-state index in [0.717, 1.165) is 32.1 Å². The van der Waals surface area contributed by atoms with Crippen molar-refractivity contribution in [2.45, 2.75) is 108 Å². The van der Waals surface area contributed by atoms with Crippen LogP contribution >= 0.6 is 0 Å². The fraction of sp³-hybridized carbons (Fsp3) is 0.808.